The number of carbonyl (C=O) groups excluding carboxylic acids is 1. The summed E-state index contributed by atoms with van der Waals surface area (Å²) in [7, 11) is 0. The molecule has 7 nitrogen and oxygen atoms in total. The highest BCUT2D eigenvalue weighted by Gasteiger charge is 2.29. The van der Waals surface area contributed by atoms with Crippen LogP contribution in [-0.2, 0) is 16.0 Å². The van der Waals surface area contributed by atoms with Crippen LogP contribution in [0.5, 0.6) is 0 Å². The molecule has 3 aromatic carbocycles. The average Bonchev–Trinajstić information content (AvgIpc) is 3.02. The van der Waals surface area contributed by atoms with Crippen molar-refractivity contribution in [3.63, 3.8) is 0 Å². The first-order valence-corrected chi connectivity index (χ1v) is 15.5. The summed E-state index contributed by atoms with van der Waals surface area (Å²) >= 11 is 7.74. The van der Waals surface area contributed by atoms with Crippen molar-refractivity contribution < 1.29 is 9.53 Å². The van der Waals surface area contributed by atoms with Gasteiger partial charge in [0.05, 0.1) is 18.2 Å². The number of aryl methyl sites for hydroxylation is 1. The number of hydrogen-bond donors (Lipinski definition) is 4. The maximum Gasteiger partial charge on any atom is 0.271 e. The zero-order valence-corrected chi connectivity index (χ0v) is 24.7. The Morgan fingerprint density at radius 1 is 0.952 bits per heavy atom. The highest BCUT2D eigenvalue weighted by molar-refractivity contribution is 7.99. The molecule has 1 saturated heterocycles. The van der Waals surface area contributed by atoms with Gasteiger partial charge in [0.25, 0.3) is 5.56 Å². The van der Waals surface area contributed by atoms with Crippen molar-refractivity contribution in [2.75, 3.05) is 24.2 Å². The number of nitrogens with two attached hydrogens (primary N) is 1. The zero-order chi connectivity index (χ0) is 29.3. The topological polar surface area (TPSA) is 109 Å². The van der Waals surface area contributed by atoms with E-state index in [1.165, 1.54) is 0 Å². The average molecular weight is 603 g/mol. The van der Waals surface area contributed by atoms with Crippen LogP contribution in [-0.4, -0.2) is 48.0 Å². The van der Waals surface area contributed by atoms with Crippen LogP contribution in [0.3, 0.4) is 0 Å². The van der Waals surface area contributed by atoms with Crippen LogP contribution in [0.2, 0.25) is 5.02 Å². The number of nitrogens with one attached hydrogen (secondary N) is 3. The first-order valence-electron chi connectivity index (χ1n) is 14.1. The second-order valence-electron chi connectivity index (χ2n) is 10.4. The molecule has 5 N–H and O–H groups in total. The highest BCUT2D eigenvalue weighted by atomic mass is 35.5. The molecule has 5 rings (SSSR count). The van der Waals surface area contributed by atoms with Crippen molar-refractivity contribution in [1.29, 1.82) is 0 Å². The van der Waals surface area contributed by atoms with Crippen LogP contribution in [0.4, 0.5) is 5.69 Å². The summed E-state index contributed by atoms with van der Waals surface area (Å²) in [4.78, 5) is 30.3. The molecule has 1 fully saturated rings. The Kier molecular flexibility index (Phi) is 10.5. The smallest absolute Gasteiger partial charge is 0.271 e. The van der Waals surface area contributed by atoms with E-state index in [4.69, 9.17) is 22.1 Å². The largest absolute Gasteiger partial charge is 0.371 e. The maximum atomic E-state index is 13.5. The number of benzene rings is 3. The second-order valence-corrected chi connectivity index (χ2v) is 11.9. The van der Waals surface area contributed by atoms with Crippen LogP contribution in [0, 0.1) is 0 Å². The molecule has 2 heterocycles. The Balaban J connectivity index is 1.23. The Hall–Kier alpha value is -3.40. The molecule has 1 aliphatic rings. The first-order chi connectivity index (χ1) is 20.5. The monoisotopic (exact) mass is 602 g/mol. The molecular formula is C33H35ClN4O3S. The van der Waals surface area contributed by atoms with Crippen molar-refractivity contribution >= 4 is 35.0 Å². The summed E-state index contributed by atoms with van der Waals surface area (Å²) in [6, 6.07) is 28.2. The molecule has 0 bridgehead atoms. The quantitative estimate of drug-likeness (QED) is 0.176. The third-order valence-electron chi connectivity index (χ3n) is 7.39. The van der Waals surface area contributed by atoms with E-state index in [0.717, 1.165) is 45.5 Å². The summed E-state index contributed by atoms with van der Waals surface area (Å²) in [6.07, 6.45) is 2.92. The second kappa shape index (κ2) is 14.7. The number of morpholine rings is 1. The van der Waals surface area contributed by atoms with Gasteiger partial charge in [-0.3, -0.25) is 9.59 Å². The van der Waals surface area contributed by atoms with Crippen LogP contribution in [0.25, 0.3) is 0 Å². The summed E-state index contributed by atoms with van der Waals surface area (Å²) in [5, 5.41) is 7.05. The van der Waals surface area contributed by atoms with Gasteiger partial charge >= 0.3 is 0 Å². The van der Waals surface area contributed by atoms with Crippen LogP contribution in [0.15, 0.2) is 107 Å². The number of H-pyrrole nitrogens is 1. The minimum atomic E-state index is -0.910. The van der Waals surface area contributed by atoms with E-state index in [1.54, 1.807) is 18.0 Å². The third kappa shape index (κ3) is 7.91. The number of thioether (sulfide) groups is 1. The van der Waals surface area contributed by atoms with Crippen molar-refractivity contribution in [2.45, 2.75) is 41.9 Å². The molecule has 42 heavy (non-hydrogen) atoms. The van der Waals surface area contributed by atoms with Gasteiger partial charge in [-0.25, -0.2) is 0 Å². The predicted octanol–water partition coefficient (Wildman–Crippen LogP) is 5.21. The summed E-state index contributed by atoms with van der Waals surface area (Å²) in [5.74, 6) is 0.0304. The molecule has 3 atom stereocenters. The number of pyridine rings is 1. The van der Waals surface area contributed by atoms with Gasteiger partial charge in [-0.1, -0.05) is 72.3 Å². The molecule has 0 saturated carbocycles. The lowest BCUT2D eigenvalue weighted by Gasteiger charge is -2.31. The van der Waals surface area contributed by atoms with Gasteiger partial charge in [-0.05, 0) is 59.9 Å². The number of aromatic nitrogens is 1. The number of halogens is 1. The zero-order valence-electron chi connectivity index (χ0n) is 23.2. The minimum absolute atomic E-state index is 0.0137. The number of anilines is 1. The van der Waals surface area contributed by atoms with E-state index in [9.17, 15) is 9.59 Å². The maximum absolute atomic E-state index is 13.5. The van der Waals surface area contributed by atoms with Gasteiger partial charge < -0.3 is 26.1 Å². The van der Waals surface area contributed by atoms with Crippen LogP contribution in [0.1, 0.15) is 29.0 Å². The fraction of sp³-hybridized carbons (Fsp3) is 0.273. The van der Waals surface area contributed by atoms with E-state index in [1.807, 2.05) is 91.0 Å². The normalized spacial score (nSPS) is 17.6. The van der Waals surface area contributed by atoms with E-state index in [-0.39, 0.29) is 29.4 Å². The summed E-state index contributed by atoms with van der Waals surface area (Å²) in [5.41, 5.74) is 9.08. The Morgan fingerprint density at radius 3 is 2.26 bits per heavy atom. The first kappa shape index (κ1) is 30.1. The van der Waals surface area contributed by atoms with Crippen LogP contribution >= 0.6 is 23.4 Å². The lowest BCUT2D eigenvalue weighted by atomic mass is 9.85. The number of aromatic amines is 1. The van der Waals surface area contributed by atoms with Crippen molar-refractivity contribution in [3.05, 3.63) is 129 Å². The minimum Gasteiger partial charge on any atom is -0.371 e. The number of rotatable bonds is 11. The van der Waals surface area contributed by atoms with Gasteiger partial charge in [0.15, 0.2) is 0 Å². The standard InChI is InChI=1S/C33H35ClN4O3S/c34-25-12-15-28(16-13-25)42-21-27-20-36-19-26(41-27)14-11-24-17-18-37-33(40)31(24)38-32(39)30(35)29(22-7-3-1-4-8-22)23-9-5-2-6-10-23/h1-10,12-13,15-18,26-27,29-30,36H,11,14,19-21,35H2,(H,37,40)(H,38,39)/t26-,27+,30?/m1/s1. The fourth-order valence-corrected chi connectivity index (χ4v) is 6.26. The third-order valence-corrected chi connectivity index (χ3v) is 8.78. The Labute approximate surface area is 255 Å². The van der Waals surface area contributed by atoms with E-state index >= 15 is 0 Å². The molecule has 0 spiro atoms. The molecule has 1 aliphatic heterocycles. The van der Waals surface area contributed by atoms with Crippen molar-refractivity contribution in [3.8, 4) is 0 Å². The lowest BCUT2D eigenvalue weighted by Crippen LogP contribution is -2.46. The lowest BCUT2D eigenvalue weighted by molar-refractivity contribution is -0.117. The molecule has 9 heteroatoms. The fourth-order valence-electron chi connectivity index (χ4n) is 5.23. The molecule has 218 valence electrons. The number of hydrogen-bond acceptors (Lipinski definition) is 6. The summed E-state index contributed by atoms with van der Waals surface area (Å²) in [6.45, 7) is 1.51. The summed E-state index contributed by atoms with van der Waals surface area (Å²) < 4.78 is 6.37. The highest BCUT2D eigenvalue weighted by Crippen LogP contribution is 2.28. The molecule has 1 aromatic heterocycles. The molecular weight excluding hydrogens is 568 g/mol. The molecule has 1 amide bonds. The van der Waals surface area contributed by atoms with Crippen LogP contribution < -0.4 is 21.9 Å². The van der Waals surface area contributed by atoms with Gasteiger partial charge in [-0.15, -0.1) is 11.8 Å². The predicted molar refractivity (Wildman–Crippen MR) is 170 cm³/mol. The number of carbonyl (C=O) groups is 1. The molecule has 0 aliphatic carbocycles. The van der Waals surface area contributed by atoms with Gasteiger partial charge in [0, 0.05) is 40.9 Å². The van der Waals surface area contributed by atoms with E-state index < -0.39 is 11.9 Å². The molecule has 4 aromatic rings. The van der Waals surface area contributed by atoms with Gasteiger partial charge in [0.1, 0.15) is 5.69 Å². The van der Waals surface area contributed by atoms with E-state index in [0.29, 0.717) is 12.8 Å². The number of amides is 1. The van der Waals surface area contributed by atoms with Gasteiger partial charge in [0.2, 0.25) is 5.91 Å². The van der Waals surface area contributed by atoms with Crippen molar-refractivity contribution in [2.24, 2.45) is 5.73 Å². The van der Waals surface area contributed by atoms with Gasteiger partial charge in [-0.2, -0.15) is 0 Å². The molecule has 1 unspecified atom stereocenters. The Bertz CT molecular complexity index is 1460. The molecule has 0 radical (unpaired) electrons. The van der Waals surface area contributed by atoms with Crippen molar-refractivity contribution in [1.82, 2.24) is 10.3 Å². The number of ether oxygens (including phenoxy) is 1. The SMILES string of the molecule is NC(C(=O)Nc1c(CC[C@@H]2CNC[C@@H](CSc3ccc(Cl)cc3)O2)cc[nH]c1=O)C(c1ccccc1)c1ccccc1. The Morgan fingerprint density at radius 2 is 1.60 bits per heavy atom. The van der Waals surface area contributed by atoms with E-state index in [2.05, 4.69) is 15.6 Å².